The topological polar surface area (TPSA) is 12.4 Å². The molecule has 0 bridgehead atoms. The van der Waals surface area contributed by atoms with Crippen molar-refractivity contribution in [1.82, 2.24) is 0 Å². The Morgan fingerprint density at radius 2 is 2.62 bits per heavy atom. The Morgan fingerprint density at radius 3 is 3.00 bits per heavy atom. The zero-order valence-corrected chi connectivity index (χ0v) is 5.22. The minimum absolute atomic E-state index is 0.941. The zero-order chi connectivity index (χ0) is 5.82. The molecule has 1 rings (SSSR count). The van der Waals surface area contributed by atoms with Crippen LogP contribution < -0.4 is 0 Å². The van der Waals surface area contributed by atoms with Gasteiger partial charge in [0.1, 0.15) is 0 Å². The highest BCUT2D eigenvalue weighted by Gasteiger charge is 1.93. The Labute approximate surface area is 50.1 Å². The summed E-state index contributed by atoms with van der Waals surface area (Å²) in [6.07, 6.45) is 6.44. The lowest BCUT2D eigenvalue weighted by Gasteiger charge is -2.02. The SMILES string of the molecule is CCC1=CCC=NC1. The van der Waals surface area contributed by atoms with E-state index in [0.717, 1.165) is 19.4 Å². The Bertz CT molecular complexity index is 122. The van der Waals surface area contributed by atoms with Crippen molar-refractivity contribution in [2.24, 2.45) is 4.99 Å². The van der Waals surface area contributed by atoms with Gasteiger partial charge in [0, 0.05) is 12.6 Å². The highest BCUT2D eigenvalue weighted by molar-refractivity contribution is 5.61. The third-order valence-electron chi connectivity index (χ3n) is 1.39. The van der Waals surface area contributed by atoms with Crippen LogP contribution in [0.25, 0.3) is 0 Å². The first-order chi connectivity index (χ1) is 3.93. The van der Waals surface area contributed by atoms with Gasteiger partial charge in [0.05, 0.1) is 6.54 Å². The molecule has 0 unspecified atom stereocenters. The largest absolute Gasteiger partial charge is 0.293 e. The van der Waals surface area contributed by atoms with Gasteiger partial charge in [-0.15, -0.1) is 0 Å². The molecule has 0 aromatic rings. The smallest absolute Gasteiger partial charge is 0.0595 e. The number of rotatable bonds is 1. The molecule has 0 atom stereocenters. The van der Waals surface area contributed by atoms with Gasteiger partial charge in [-0.3, -0.25) is 4.99 Å². The van der Waals surface area contributed by atoms with Crippen LogP contribution in [-0.4, -0.2) is 12.8 Å². The second kappa shape index (κ2) is 2.65. The van der Waals surface area contributed by atoms with Gasteiger partial charge in [-0.1, -0.05) is 18.6 Å². The summed E-state index contributed by atoms with van der Waals surface area (Å²) in [4.78, 5) is 4.14. The van der Waals surface area contributed by atoms with Crippen molar-refractivity contribution in [2.75, 3.05) is 6.54 Å². The maximum atomic E-state index is 4.14. The van der Waals surface area contributed by atoms with Crippen LogP contribution in [0.4, 0.5) is 0 Å². The molecule has 1 heterocycles. The molecular formula is C7H11N. The lowest BCUT2D eigenvalue weighted by Crippen LogP contribution is -1.92. The lowest BCUT2D eigenvalue weighted by atomic mass is 10.1. The Kier molecular flexibility index (Phi) is 1.84. The van der Waals surface area contributed by atoms with Crippen molar-refractivity contribution < 1.29 is 0 Å². The highest BCUT2D eigenvalue weighted by Crippen LogP contribution is 2.04. The fourth-order valence-corrected chi connectivity index (χ4v) is 0.796. The van der Waals surface area contributed by atoms with Crippen LogP contribution in [0.15, 0.2) is 16.6 Å². The van der Waals surface area contributed by atoms with Crippen molar-refractivity contribution in [3.8, 4) is 0 Å². The van der Waals surface area contributed by atoms with E-state index in [9.17, 15) is 0 Å². The number of aliphatic imine (C=N–C) groups is 1. The van der Waals surface area contributed by atoms with E-state index in [2.05, 4.69) is 18.0 Å². The Morgan fingerprint density at radius 1 is 1.75 bits per heavy atom. The molecule has 1 aliphatic rings. The standard InChI is InChI=1S/C7H11N/c1-2-7-4-3-5-8-6-7/h4-5H,2-3,6H2,1H3. The predicted octanol–water partition coefficient (Wildman–Crippen LogP) is 1.80. The average Bonchev–Trinajstić information content (AvgIpc) is 1.90. The van der Waals surface area contributed by atoms with E-state index in [0.29, 0.717) is 0 Å². The summed E-state index contributed by atoms with van der Waals surface area (Å²) in [5.41, 5.74) is 1.48. The Balaban J connectivity index is 2.43. The second-order valence-electron chi connectivity index (χ2n) is 1.97. The Hall–Kier alpha value is -0.590. The van der Waals surface area contributed by atoms with E-state index in [1.54, 1.807) is 0 Å². The van der Waals surface area contributed by atoms with E-state index in [1.165, 1.54) is 5.57 Å². The summed E-state index contributed by atoms with van der Waals surface area (Å²) in [5, 5.41) is 0. The molecule has 0 aromatic carbocycles. The zero-order valence-electron chi connectivity index (χ0n) is 5.22. The first-order valence-corrected chi connectivity index (χ1v) is 3.09. The molecule has 0 saturated heterocycles. The summed E-state index contributed by atoms with van der Waals surface area (Å²) in [5.74, 6) is 0. The molecule has 0 N–H and O–H groups in total. The highest BCUT2D eigenvalue weighted by atomic mass is 14.7. The van der Waals surface area contributed by atoms with Crippen LogP contribution in [0.3, 0.4) is 0 Å². The summed E-state index contributed by atoms with van der Waals surface area (Å²) >= 11 is 0. The lowest BCUT2D eigenvalue weighted by molar-refractivity contribution is 0.981. The third-order valence-corrected chi connectivity index (χ3v) is 1.39. The van der Waals surface area contributed by atoms with Crippen LogP contribution in [0.2, 0.25) is 0 Å². The number of hydrogen-bond acceptors (Lipinski definition) is 1. The molecule has 44 valence electrons. The summed E-state index contributed by atoms with van der Waals surface area (Å²) < 4.78 is 0. The summed E-state index contributed by atoms with van der Waals surface area (Å²) in [6.45, 7) is 3.11. The molecular weight excluding hydrogens is 98.1 g/mol. The third kappa shape index (κ3) is 1.19. The van der Waals surface area contributed by atoms with Gasteiger partial charge in [0.2, 0.25) is 0 Å². The first-order valence-electron chi connectivity index (χ1n) is 3.09. The molecule has 0 spiro atoms. The van der Waals surface area contributed by atoms with Crippen molar-refractivity contribution in [3.63, 3.8) is 0 Å². The molecule has 0 saturated carbocycles. The average molecular weight is 109 g/mol. The van der Waals surface area contributed by atoms with E-state index in [4.69, 9.17) is 0 Å². The van der Waals surface area contributed by atoms with Gasteiger partial charge in [-0.25, -0.2) is 0 Å². The minimum atomic E-state index is 0.941. The van der Waals surface area contributed by atoms with Gasteiger partial charge >= 0.3 is 0 Å². The van der Waals surface area contributed by atoms with Crippen molar-refractivity contribution in [1.29, 1.82) is 0 Å². The molecule has 1 aliphatic heterocycles. The fourth-order valence-electron chi connectivity index (χ4n) is 0.796. The van der Waals surface area contributed by atoms with Gasteiger partial charge in [0.25, 0.3) is 0 Å². The number of dihydropyridines is 1. The molecule has 0 aromatic heterocycles. The van der Waals surface area contributed by atoms with E-state index < -0.39 is 0 Å². The molecule has 0 aliphatic carbocycles. The van der Waals surface area contributed by atoms with Crippen LogP contribution in [0.5, 0.6) is 0 Å². The van der Waals surface area contributed by atoms with Crippen molar-refractivity contribution >= 4 is 6.21 Å². The fraction of sp³-hybridized carbons (Fsp3) is 0.571. The van der Waals surface area contributed by atoms with E-state index in [1.807, 2.05) is 6.21 Å². The maximum Gasteiger partial charge on any atom is 0.0595 e. The van der Waals surface area contributed by atoms with Crippen LogP contribution >= 0.6 is 0 Å². The van der Waals surface area contributed by atoms with E-state index in [-0.39, 0.29) is 0 Å². The molecule has 0 amide bonds. The summed E-state index contributed by atoms with van der Waals surface area (Å²) in [6, 6.07) is 0. The van der Waals surface area contributed by atoms with Gasteiger partial charge in [-0.2, -0.15) is 0 Å². The molecule has 0 fully saturated rings. The second-order valence-corrected chi connectivity index (χ2v) is 1.97. The molecule has 1 nitrogen and oxygen atoms in total. The first kappa shape index (κ1) is 5.54. The normalized spacial score (nSPS) is 18.4. The number of hydrogen-bond donors (Lipinski definition) is 0. The van der Waals surface area contributed by atoms with E-state index >= 15 is 0 Å². The van der Waals surface area contributed by atoms with Gasteiger partial charge < -0.3 is 0 Å². The predicted molar refractivity (Wildman–Crippen MR) is 36.4 cm³/mol. The van der Waals surface area contributed by atoms with Crippen LogP contribution in [-0.2, 0) is 0 Å². The minimum Gasteiger partial charge on any atom is -0.293 e. The molecule has 8 heavy (non-hydrogen) atoms. The van der Waals surface area contributed by atoms with Crippen LogP contribution in [0, 0.1) is 0 Å². The summed E-state index contributed by atoms with van der Waals surface area (Å²) in [7, 11) is 0. The molecule has 1 heteroatoms. The monoisotopic (exact) mass is 109 g/mol. The number of nitrogens with zero attached hydrogens (tertiary/aromatic N) is 1. The van der Waals surface area contributed by atoms with Crippen LogP contribution in [0.1, 0.15) is 19.8 Å². The van der Waals surface area contributed by atoms with Gasteiger partial charge in [0.15, 0.2) is 0 Å². The number of allylic oxidation sites excluding steroid dienone is 1. The van der Waals surface area contributed by atoms with Crippen molar-refractivity contribution in [2.45, 2.75) is 19.8 Å². The maximum absolute atomic E-state index is 4.14. The molecule has 0 radical (unpaired) electrons. The quantitative estimate of drug-likeness (QED) is 0.455. The van der Waals surface area contributed by atoms with Crippen molar-refractivity contribution in [3.05, 3.63) is 11.6 Å². The van der Waals surface area contributed by atoms with Gasteiger partial charge in [-0.05, 0) is 6.42 Å².